The molecule has 5 heteroatoms. The molecular weight excluding hydrogens is 244 g/mol. The van der Waals surface area contributed by atoms with Crippen LogP contribution in [-0.4, -0.2) is 48.5 Å². The first-order chi connectivity index (χ1) is 8.87. The number of anilines is 1. The molecule has 106 valence electrons. The normalized spacial score (nSPS) is 17.1. The van der Waals surface area contributed by atoms with Crippen molar-refractivity contribution in [1.82, 2.24) is 4.90 Å². The molecule has 0 bridgehead atoms. The molecule has 0 saturated carbocycles. The average molecular weight is 266 g/mol. The Bertz CT molecular complexity index is 437. The number of nitrogens with zero attached hydrogens (tertiary/aromatic N) is 1. The molecule has 1 aliphatic heterocycles. The predicted octanol–water partition coefficient (Wildman–Crippen LogP) is 1.11. The highest BCUT2D eigenvalue weighted by Gasteiger charge is 2.31. The third-order valence-corrected chi connectivity index (χ3v) is 3.04. The highest BCUT2D eigenvalue weighted by molar-refractivity contribution is 5.55. The maximum Gasteiger partial charge on any atom is 0.145 e. The van der Waals surface area contributed by atoms with Crippen LogP contribution in [0, 0.1) is 0 Å². The minimum absolute atomic E-state index is 0.163. The molecular formula is C14H22N2O3. The van der Waals surface area contributed by atoms with Gasteiger partial charge in [-0.3, -0.25) is 4.90 Å². The molecule has 3 N–H and O–H groups in total. The highest BCUT2D eigenvalue weighted by atomic mass is 16.5. The predicted molar refractivity (Wildman–Crippen MR) is 74.6 cm³/mol. The molecule has 2 rings (SSSR count). The van der Waals surface area contributed by atoms with E-state index in [1.807, 2.05) is 19.9 Å². The van der Waals surface area contributed by atoms with Crippen LogP contribution in [0.5, 0.6) is 11.5 Å². The van der Waals surface area contributed by atoms with E-state index in [0.29, 0.717) is 18.0 Å². The first-order valence-corrected chi connectivity index (χ1v) is 6.42. The summed E-state index contributed by atoms with van der Waals surface area (Å²) >= 11 is 0. The van der Waals surface area contributed by atoms with Crippen molar-refractivity contribution in [1.29, 1.82) is 0 Å². The monoisotopic (exact) mass is 266 g/mol. The fraction of sp³-hybridized carbons (Fsp3) is 0.571. The number of nitrogens with two attached hydrogens (primary N) is 1. The minimum Gasteiger partial charge on any atom is -0.494 e. The quantitative estimate of drug-likeness (QED) is 0.781. The number of benzene rings is 1. The number of hydrogen-bond acceptors (Lipinski definition) is 5. The molecule has 1 saturated heterocycles. The summed E-state index contributed by atoms with van der Waals surface area (Å²) in [6.07, 6.45) is 0.163. The van der Waals surface area contributed by atoms with Crippen molar-refractivity contribution in [3.63, 3.8) is 0 Å². The van der Waals surface area contributed by atoms with E-state index < -0.39 is 5.60 Å². The van der Waals surface area contributed by atoms with Crippen molar-refractivity contribution < 1.29 is 14.6 Å². The molecule has 0 radical (unpaired) electrons. The van der Waals surface area contributed by atoms with Gasteiger partial charge in [0.15, 0.2) is 0 Å². The van der Waals surface area contributed by atoms with Crippen molar-refractivity contribution in [3.05, 3.63) is 18.2 Å². The van der Waals surface area contributed by atoms with Gasteiger partial charge in [0.05, 0.1) is 18.4 Å². The van der Waals surface area contributed by atoms with Gasteiger partial charge in [0.1, 0.15) is 17.6 Å². The average Bonchev–Trinajstić information content (AvgIpc) is 2.27. The zero-order valence-corrected chi connectivity index (χ0v) is 11.7. The van der Waals surface area contributed by atoms with Gasteiger partial charge in [-0.15, -0.1) is 0 Å². The van der Waals surface area contributed by atoms with E-state index in [9.17, 15) is 5.11 Å². The maximum atomic E-state index is 9.71. The smallest absolute Gasteiger partial charge is 0.145 e. The molecule has 5 nitrogen and oxygen atoms in total. The fourth-order valence-electron chi connectivity index (χ4n) is 2.23. The Hall–Kier alpha value is -1.46. The zero-order valence-electron chi connectivity index (χ0n) is 11.7. The summed E-state index contributed by atoms with van der Waals surface area (Å²) in [5, 5.41) is 9.71. The van der Waals surface area contributed by atoms with Gasteiger partial charge in [-0.25, -0.2) is 0 Å². The summed E-state index contributed by atoms with van der Waals surface area (Å²) < 4.78 is 11.0. The summed E-state index contributed by atoms with van der Waals surface area (Å²) in [6.45, 7) is 5.95. The van der Waals surface area contributed by atoms with Crippen molar-refractivity contribution >= 4 is 5.69 Å². The second kappa shape index (κ2) is 5.27. The first-order valence-electron chi connectivity index (χ1n) is 6.42. The second-order valence-corrected chi connectivity index (χ2v) is 5.65. The van der Waals surface area contributed by atoms with Crippen LogP contribution < -0.4 is 15.2 Å². The summed E-state index contributed by atoms with van der Waals surface area (Å²) in [5.74, 6) is 1.39. The van der Waals surface area contributed by atoms with Gasteiger partial charge in [-0.1, -0.05) is 0 Å². The van der Waals surface area contributed by atoms with Crippen molar-refractivity contribution in [3.8, 4) is 11.5 Å². The Morgan fingerprint density at radius 1 is 1.42 bits per heavy atom. The third-order valence-electron chi connectivity index (χ3n) is 3.04. The lowest BCUT2D eigenvalue weighted by molar-refractivity contribution is -0.0363. The van der Waals surface area contributed by atoms with Gasteiger partial charge in [-0.2, -0.15) is 0 Å². The molecule has 0 aliphatic carbocycles. The SMILES string of the molecule is COc1cc(OC2CN(CC(C)(C)O)C2)ccc1N. The summed E-state index contributed by atoms with van der Waals surface area (Å²) in [7, 11) is 1.59. The molecule has 1 fully saturated rings. The van der Waals surface area contributed by atoms with Crippen molar-refractivity contribution in [2.75, 3.05) is 32.5 Å². The maximum absolute atomic E-state index is 9.71. The van der Waals surface area contributed by atoms with E-state index in [-0.39, 0.29) is 6.10 Å². The summed E-state index contributed by atoms with van der Waals surface area (Å²) in [4.78, 5) is 2.17. The highest BCUT2D eigenvalue weighted by Crippen LogP contribution is 2.28. The van der Waals surface area contributed by atoms with E-state index >= 15 is 0 Å². The number of likely N-dealkylation sites (tertiary alicyclic amines) is 1. The largest absolute Gasteiger partial charge is 0.494 e. The number of nitrogen functional groups attached to an aromatic ring is 1. The lowest BCUT2D eigenvalue weighted by atomic mass is 10.1. The molecule has 0 amide bonds. The summed E-state index contributed by atoms with van der Waals surface area (Å²) in [6, 6.07) is 5.42. The number of β-amino-alcohol motifs (C(OH)–C–C–N with tert-alkyl or cyclic N) is 1. The van der Waals surface area contributed by atoms with Crippen molar-refractivity contribution in [2.24, 2.45) is 0 Å². The molecule has 1 heterocycles. The van der Waals surface area contributed by atoms with E-state index in [0.717, 1.165) is 18.8 Å². The summed E-state index contributed by atoms with van der Waals surface area (Å²) in [5.41, 5.74) is 5.70. The zero-order chi connectivity index (χ0) is 14.0. The van der Waals surface area contributed by atoms with Gasteiger partial charge in [0, 0.05) is 25.7 Å². The molecule has 0 unspecified atom stereocenters. The number of ether oxygens (including phenoxy) is 2. The minimum atomic E-state index is -0.657. The molecule has 1 aromatic carbocycles. The van der Waals surface area contributed by atoms with E-state index in [2.05, 4.69) is 4.90 Å². The lowest BCUT2D eigenvalue weighted by Crippen LogP contribution is -2.57. The number of hydrogen-bond donors (Lipinski definition) is 2. The fourth-order valence-corrected chi connectivity index (χ4v) is 2.23. The van der Waals surface area contributed by atoms with Gasteiger partial charge in [0.2, 0.25) is 0 Å². The molecule has 1 aromatic rings. The molecule has 1 aliphatic rings. The van der Waals surface area contributed by atoms with Crippen LogP contribution in [0.15, 0.2) is 18.2 Å². The number of rotatable bonds is 5. The molecule has 19 heavy (non-hydrogen) atoms. The van der Waals surface area contributed by atoms with E-state index in [4.69, 9.17) is 15.2 Å². The van der Waals surface area contributed by atoms with Gasteiger partial charge < -0.3 is 20.3 Å². The van der Waals surface area contributed by atoms with Crippen LogP contribution in [0.1, 0.15) is 13.8 Å². The van der Waals surface area contributed by atoms with E-state index in [1.165, 1.54) is 0 Å². The van der Waals surface area contributed by atoms with Crippen LogP contribution >= 0.6 is 0 Å². The van der Waals surface area contributed by atoms with Crippen LogP contribution in [0.2, 0.25) is 0 Å². The second-order valence-electron chi connectivity index (χ2n) is 5.65. The van der Waals surface area contributed by atoms with E-state index in [1.54, 1.807) is 19.2 Å². The van der Waals surface area contributed by atoms with Crippen LogP contribution in [-0.2, 0) is 0 Å². The van der Waals surface area contributed by atoms with Crippen LogP contribution in [0.3, 0.4) is 0 Å². The molecule has 0 spiro atoms. The number of methoxy groups -OCH3 is 1. The van der Waals surface area contributed by atoms with Gasteiger partial charge >= 0.3 is 0 Å². The number of aliphatic hydroxyl groups is 1. The Labute approximate surface area is 113 Å². The van der Waals surface area contributed by atoms with Crippen molar-refractivity contribution in [2.45, 2.75) is 25.6 Å². The lowest BCUT2D eigenvalue weighted by Gasteiger charge is -2.41. The van der Waals surface area contributed by atoms with Crippen LogP contribution in [0.4, 0.5) is 5.69 Å². The standard InChI is InChI=1S/C14H22N2O3/c1-14(2,17)9-16-7-11(8-16)19-10-4-5-12(15)13(6-10)18-3/h4-6,11,17H,7-9,15H2,1-3H3. The Kier molecular flexibility index (Phi) is 3.87. The Morgan fingerprint density at radius 3 is 2.68 bits per heavy atom. The van der Waals surface area contributed by atoms with Crippen LogP contribution in [0.25, 0.3) is 0 Å². The molecule has 0 atom stereocenters. The molecule has 0 aromatic heterocycles. The van der Waals surface area contributed by atoms with Gasteiger partial charge in [-0.05, 0) is 26.0 Å². The Morgan fingerprint density at radius 2 is 2.11 bits per heavy atom. The first kappa shape index (κ1) is 14.0. The topological polar surface area (TPSA) is 68.0 Å². The Balaban J connectivity index is 1.84. The van der Waals surface area contributed by atoms with Gasteiger partial charge in [0.25, 0.3) is 0 Å². The third kappa shape index (κ3) is 3.75.